The van der Waals surface area contributed by atoms with E-state index in [0.29, 0.717) is 0 Å². The van der Waals surface area contributed by atoms with Gasteiger partial charge in [-0.05, 0) is 18.6 Å². The lowest BCUT2D eigenvalue weighted by molar-refractivity contribution is -0.257. The van der Waals surface area contributed by atoms with Crippen LogP contribution in [0.2, 0.25) is 0 Å². The summed E-state index contributed by atoms with van der Waals surface area (Å²) in [6.45, 7) is 11.7. The number of carbonyl (C=O) groups excluding carboxylic acids is 5. The van der Waals surface area contributed by atoms with Gasteiger partial charge in [0, 0.05) is 40.0 Å². The molecule has 0 aromatic carbocycles. The molecule has 226 valence electrons. The minimum atomic E-state index is -2.25. The Labute approximate surface area is 242 Å². The van der Waals surface area contributed by atoms with Crippen molar-refractivity contribution in [1.29, 1.82) is 0 Å². The van der Waals surface area contributed by atoms with Crippen LogP contribution in [0.1, 0.15) is 48.0 Å². The average Bonchev–Trinajstić information content (AvgIpc) is 3.57. The molecule has 13 heteroatoms. The minimum absolute atomic E-state index is 0.0278. The van der Waals surface area contributed by atoms with Crippen molar-refractivity contribution < 1.29 is 57.5 Å². The van der Waals surface area contributed by atoms with E-state index in [0.717, 1.165) is 13.8 Å². The highest BCUT2D eigenvalue weighted by Crippen LogP contribution is 2.62. The SMILES string of the molecule is C=C1/C=C/[C@H](OC(C)=O)[C@@]2(C)[C@@H](OC(C)=O)[C@@H](OC(C)=O)C[C@]3(CO3)[C@@H]2C(OC(C)=O)[C@]2(O)[C@@H](C)C(=O)O[C@H]2[C@H]1Cl. The van der Waals surface area contributed by atoms with Gasteiger partial charge in [0.05, 0.1) is 23.3 Å². The summed E-state index contributed by atoms with van der Waals surface area (Å²) in [5, 5.41) is 11.3. The highest BCUT2D eigenvalue weighted by atomic mass is 35.5. The van der Waals surface area contributed by atoms with Gasteiger partial charge >= 0.3 is 29.8 Å². The number of hydrogen-bond acceptors (Lipinski definition) is 12. The summed E-state index contributed by atoms with van der Waals surface area (Å²) >= 11 is 6.73. The largest absolute Gasteiger partial charge is 0.459 e. The van der Waals surface area contributed by atoms with Gasteiger partial charge in [0.15, 0.2) is 11.7 Å². The minimum Gasteiger partial charge on any atom is -0.459 e. The van der Waals surface area contributed by atoms with E-state index in [4.69, 9.17) is 40.0 Å². The molecule has 12 nitrogen and oxygen atoms in total. The molecule has 1 saturated carbocycles. The van der Waals surface area contributed by atoms with Crippen molar-refractivity contribution in [3.8, 4) is 0 Å². The van der Waals surface area contributed by atoms with Crippen LogP contribution < -0.4 is 0 Å². The lowest BCUT2D eigenvalue weighted by atomic mass is 9.52. The molecule has 0 amide bonds. The number of esters is 5. The summed E-state index contributed by atoms with van der Waals surface area (Å²) in [5.74, 6) is -6.07. The first-order chi connectivity index (χ1) is 19.0. The van der Waals surface area contributed by atoms with Gasteiger partial charge in [-0.15, -0.1) is 11.6 Å². The van der Waals surface area contributed by atoms with Crippen LogP contribution in [0.3, 0.4) is 0 Å². The average molecular weight is 599 g/mol. The Morgan fingerprint density at radius 3 is 2.05 bits per heavy atom. The Kier molecular flexibility index (Phi) is 8.09. The number of halogens is 1. The number of carbonyl (C=O) groups is 5. The van der Waals surface area contributed by atoms with Crippen LogP contribution in [0.4, 0.5) is 0 Å². The van der Waals surface area contributed by atoms with Gasteiger partial charge in [0.1, 0.15) is 30.0 Å². The summed E-state index contributed by atoms with van der Waals surface area (Å²) < 4.78 is 34.7. The number of epoxide rings is 1. The summed E-state index contributed by atoms with van der Waals surface area (Å²) in [4.78, 5) is 62.8. The molecule has 1 spiro atoms. The molecule has 1 unspecified atom stereocenters. The standard InChI is InChI=1S/C28H35ClO12/c1-12-8-9-19(38-15(4)31)26(7)21(27(11-36-27)10-18(37-14(3)30)22(26)39-16(5)32)24(40-17(6)33)28(35)13(2)25(34)41-23(28)20(12)29/h8-9,13,18-24,35H,1,10-11H2,2-7H3/b9-8+/t13-,18-,19-,20-,21+,22-,23-,24?,26+,27-,28-/m0/s1. The van der Waals surface area contributed by atoms with Crippen molar-refractivity contribution in [2.24, 2.45) is 17.3 Å². The van der Waals surface area contributed by atoms with Crippen LogP contribution in [-0.4, -0.2) is 88.7 Å². The molecule has 1 N–H and O–H groups in total. The summed E-state index contributed by atoms with van der Waals surface area (Å²) in [7, 11) is 0. The fourth-order valence-electron chi connectivity index (χ4n) is 6.87. The zero-order chi connectivity index (χ0) is 30.7. The first-order valence-corrected chi connectivity index (χ1v) is 13.7. The lowest BCUT2D eigenvalue weighted by Gasteiger charge is -2.57. The molecule has 4 rings (SSSR count). The second-order valence-electron chi connectivity index (χ2n) is 11.4. The van der Waals surface area contributed by atoms with Gasteiger partial charge in [-0.2, -0.15) is 0 Å². The zero-order valence-electron chi connectivity index (χ0n) is 23.7. The van der Waals surface area contributed by atoms with Crippen molar-refractivity contribution in [1.82, 2.24) is 0 Å². The predicted octanol–water partition coefficient (Wildman–Crippen LogP) is 1.53. The first kappa shape index (κ1) is 31.0. The van der Waals surface area contributed by atoms with Crippen molar-refractivity contribution in [2.45, 2.75) is 95.1 Å². The molecule has 2 heterocycles. The van der Waals surface area contributed by atoms with Crippen molar-refractivity contribution in [3.63, 3.8) is 0 Å². The van der Waals surface area contributed by atoms with E-state index >= 15 is 0 Å². The lowest BCUT2D eigenvalue weighted by Crippen LogP contribution is -2.72. The van der Waals surface area contributed by atoms with Crippen LogP contribution in [-0.2, 0) is 52.4 Å². The van der Waals surface area contributed by atoms with Gasteiger partial charge in [-0.25, -0.2) is 0 Å². The first-order valence-electron chi connectivity index (χ1n) is 13.3. The molecular formula is C28H35ClO12. The molecule has 0 aromatic heterocycles. The van der Waals surface area contributed by atoms with Crippen LogP contribution in [0.15, 0.2) is 24.3 Å². The maximum absolute atomic E-state index is 13.0. The highest BCUT2D eigenvalue weighted by molar-refractivity contribution is 6.23. The molecule has 11 atom stereocenters. The molecule has 2 aliphatic carbocycles. The van der Waals surface area contributed by atoms with Gasteiger partial charge in [-0.3, -0.25) is 24.0 Å². The van der Waals surface area contributed by atoms with E-state index in [9.17, 15) is 29.1 Å². The van der Waals surface area contributed by atoms with Gasteiger partial charge in [-0.1, -0.05) is 19.6 Å². The van der Waals surface area contributed by atoms with E-state index in [1.54, 1.807) is 6.92 Å². The molecule has 4 aliphatic rings. The molecule has 3 fully saturated rings. The van der Waals surface area contributed by atoms with E-state index < -0.39 is 94.2 Å². The number of allylic oxidation sites excluding steroid dienone is 1. The third kappa shape index (κ3) is 5.14. The van der Waals surface area contributed by atoms with Gasteiger partial charge in [0.2, 0.25) is 0 Å². The summed E-state index contributed by atoms with van der Waals surface area (Å²) in [6.07, 6.45) is -3.72. The number of rotatable bonds is 4. The molecule has 2 saturated heterocycles. The molecule has 0 radical (unpaired) electrons. The fraction of sp³-hybridized carbons (Fsp3) is 0.679. The number of ether oxygens (including phenoxy) is 6. The van der Waals surface area contributed by atoms with Crippen molar-refractivity contribution in [3.05, 3.63) is 24.3 Å². The molecular weight excluding hydrogens is 564 g/mol. The van der Waals surface area contributed by atoms with Gasteiger partial charge < -0.3 is 33.5 Å². The Morgan fingerprint density at radius 2 is 1.54 bits per heavy atom. The fourth-order valence-corrected chi connectivity index (χ4v) is 7.19. The Morgan fingerprint density at radius 1 is 1.00 bits per heavy atom. The Balaban J connectivity index is 2.09. The second-order valence-corrected chi connectivity index (χ2v) is 11.9. The van der Waals surface area contributed by atoms with Crippen LogP contribution in [0.25, 0.3) is 0 Å². The third-order valence-electron chi connectivity index (χ3n) is 8.67. The van der Waals surface area contributed by atoms with E-state index in [1.165, 1.54) is 32.9 Å². The molecule has 2 aliphatic heterocycles. The zero-order valence-corrected chi connectivity index (χ0v) is 24.5. The summed E-state index contributed by atoms with van der Waals surface area (Å²) in [6, 6.07) is 0. The second kappa shape index (κ2) is 10.7. The number of alkyl halides is 1. The van der Waals surface area contributed by atoms with Crippen LogP contribution in [0.5, 0.6) is 0 Å². The van der Waals surface area contributed by atoms with Gasteiger partial charge in [0.25, 0.3) is 0 Å². The summed E-state index contributed by atoms with van der Waals surface area (Å²) in [5.41, 5.74) is -4.90. The Hall–Kier alpha value is -2.96. The smallest absolute Gasteiger partial charge is 0.312 e. The quantitative estimate of drug-likeness (QED) is 0.215. The third-order valence-corrected chi connectivity index (χ3v) is 9.18. The topological polar surface area (TPSA) is 164 Å². The maximum Gasteiger partial charge on any atom is 0.312 e. The predicted molar refractivity (Wildman–Crippen MR) is 139 cm³/mol. The molecule has 41 heavy (non-hydrogen) atoms. The van der Waals surface area contributed by atoms with Crippen molar-refractivity contribution in [2.75, 3.05) is 6.61 Å². The van der Waals surface area contributed by atoms with E-state index in [1.807, 2.05) is 0 Å². The van der Waals surface area contributed by atoms with Crippen molar-refractivity contribution >= 4 is 41.4 Å². The normalized spacial score (nSPS) is 44.0. The van der Waals surface area contributed by atoms with Crippen LogP contribution in [0, 0.1) is 17.3 Å². The number of aliphatic hydroxyl groups is 1. The van der Waals surface area contributed by atoms with E-state index in [2.05, 4.69) is 6.58 Å². The number of hydrogen-bond donors (Lipinski definition) is 1. The van der Waals surface area contributed by atoms with E-state index in [-0.39, 0.29) is 18.6 Å². The Bertz CT molecular complexity index is 1190. The molecule has 0 aromatic rings. The number of fused-ring (bicyclic) bond motifs is 3. The maximum atomic E-state index is 13.0. The highest BCUT2D eigenvalue weighted by Gasteiger charge is 2.77. The molecule has 0 bridgehead atoms. The van der Waals surface area contributed by atoms with Crippen LogP contribution >= 0.6 is 11.6 Å². The monoisotopic (exact) mass is 598 g/mol.